The van der Waals surface area contributed by atoms with E-state index in [0.29, 0.717) is 0 Å². The lowest BCUT2D eigenvalue weighted by Gasteiger charge is -2.07. The molecule has 0 aromatic heterocycles. The molecule has 3 heteroatoms. The number of fused-ring (bicyclic) bond motifs is 2. The molecule has 0 aliphatic rings. The molecule has 0 aliphatic heterocycles. The minimum Gasteiger partial charge on any atom is -0.0532 e. The molecule has 0 aliphatic carbocycles. The molecule has 3 rings (SSSR count). The van der Waals surface area contributed by atoms with Crippen molar-refractivity contribution in [1.29, 1.82) is 0 Å². The van der Waals surface area contributed by atoms with Crippen molar-refractivity contribution in [1.82, 2.24) is 0 Å². The van der Waals surface area contributed by atoms with Crippen LogP contribution in [0.2, 0.25) is 0 Å². The van der Waals surface area contributed by atoms with Gasteiger partial charge in [-0.05, 0) is 67.8 Å². The molecule has 3 aromatic carbocycles. The number of halogens is 3. The zero-order valence-corrected chi connectivity index (χ0v) is 13.4. The molecule has 0 bridgehead atoms. The van der Waals surface area contributed by atoms with Gasteiger partial charge >= 0.3 is 0 Å². The van der Waals surface area contributed by atoms with Crippen molar-refractivity contribution >= 4 is 69.3 Å². The highest BCUT2D eigenvalue weighted by molar-refractivity contribution is 9.11. The quantitative estimate of drug-likeness (QED) is 0.380. The predicted molar refractivity (Wildman–Crippen MR) is 84.6 cm³/mol. The van der Waals surface area contributed by atoms with Crippen molar-refractivity contribution in [2.45, 2.75) is 0 Å². The Balaban J connectivity index is 2.52. The van der Waals surface area contributed by atoms with Crippen LogP contribution < -0.4 is 0 Å². The van der Waals surface area contributed by atoms with Crippen molar-refractivity contribution in [2.24, 2.45) is 0 Å². The van der Waals surface area contributed by atoms with Gasteiger partial charge in [-0.3, -0.25) is 0 Å². The van der Waals surface area contributed by atoms with Gasteiger partial charge in [0.05, 0.1) is 0 Å². The smallest absolute Gasteiger partial charge is 0.0332 e. The van der Waals surface area contributed by atoms with E-state index < -0.39 is 0 Å². The van der Waals surface area contributed by atoms with Crippen LogP contribution in [0, 0.1) is 0 Å². The van der Waals surface area contributed by atoms with E-state index in [1.54, 1.807) is 0 Å². The number of hydrogen-bond donors (Lipinski definition) is 0. The lowest BCUT2D eigenvalue weighted by atomic mass is 10.0. The molecule has 0 atom stereocenters. The molecule has 0 radical (unpaired) electrons. The molecule has 0 saturated carbocycles. The van der Waals surface area contributed by atoms with Crippen LogP contribution in [0.15, 0.2) is 55.9 Å². The first-order valence-electron chi connectivity index (χ1n) is 5.12. The van der Waals surface area contributed by atoms with Crippen LogP contribution >= 0.6 is 47.8 Å². The van der Waals surface area contributed by atoms with Crippen molar-refractivity contribution in [3.63, 3.8) is 0 Å². The summed E-state index contributed by atoms with van der Waals surface area (Å²) in [6.45, 7) is 0. The summed E-state index contributed by atoms with van der Waals surface area (Å²) in [6, 6.07) is 14.9. The van der Waals surface area contributed by atoms with Crippen LogP contribution in [0.25, 0.3) is 21.5 Å². The Kier molecular flexibility index (Phi) is 3.01. The molecule has 0 amide bonds. The fraction of sp³-hybridized carbons (Fsp3) is 0. The van der Waals surface area contributed by atoms with E-state index in [2.05, 4.69) is 90.3 Å². The van der Waals surface area contributed by atoms with Crippen LogP contribution in [0.1, 0.15) is 0 Å². The molecule has 0 spiro atoms. The van der Waals surface area contributed by atoms with E-state index in [0.717, 1.165) is 13.4 Å². The maximum absolute atomic E-state index is 3.70. The van der Waals surface area contributed by atoms with Crippen LogP contribution in [-0.2, 0) is 0 Å². The summed E-state index contributed by atoms with van der Waals surface area (Å²) in [7, 11) is 0. The Morgan fingerprint density at radius 1 is 0.588 bits per heavy atom. The maximum Gasteiger partial charge on any atom is 0.0332 e. The topological polar surface area (TPSA) is 0 Å². The predicted octanol–water partition coefficient (Wildman–Crippen LogP) is 6.28. The first-order valence-corrected chi connectivity index (χ1v) is 7.50. The molecular formula is C14H7Br3. The fourth-order valence-corrected chi connectivity index (χ4v) is 3.45. The number of hydrogen-bond acceptors (Lipinski definition) is 0. The normalized spacial score (nSPS) is 11.2. The second-order valence-corrected chi connectivity index (χ2v) is 6.55. The third kappa shape index (κ3) is 2.05. The van der Waals surface area contributed by atoms with Gasteiger partial charge in [-0.2, -0.15) is 0 Å². The van der Waals surface area contributed by atoms with E-state index in [1.807, 2.05) is 0 Å². The van der Waals surface area contributed by atoms with E-state index in [4.69, 9.17) is 0 Å². The molecule has 0 unspecified atom stereocenters. The first-order chi connectivity index (χ1) is 8.15. The first kappa shape index (κ1) is 11.7. The average molecular weight is 415 g/mol. The molecule has 0 saturated heterocycles. The zero-order valence-electron chi connectivity index (χ0n) is 8.68. The maximum atomic E-state index is 3.70. The Labute approximate surface area is 124 Å². The van der Waals surface area contributed by atoms with E-state index in [9.17, 15) is 0 Å². The summed E-state index contributed by atoms with van der Waals surface area (Å²) in [5.41, 5.74) is 0. The second-order valence-electron chi connectivity index (χ2n) is 3.92. The Morgan fingerprint density at radius 3 is 2.12 bits per heavy atom. The van der Waals surface area contributed by atoms with Gasteiger partial charge in [0.1, 0.15) is 0 Å². The highest BCUT2D eigenvalue weighted by atomic mass is 79.9. The lowest BCUT2D eigenvalue weighted by molar-refractivity contribution is 1.68. The third-order valence-corrected chi connectivity index (χ3v) is 4.65. The second kappa shape index (κ2) is 4.38. The Morgan fingerprint density at radius 2 is 1.29 bits per heavy atom. The summed E-state index contributed by atoms with van der Waals surface area (Å²) in [5, 5.41) is 4.94. The van der Waals surface area contributed by atoms with Gasteiger partial charge in [-0.15, -0.1) is 0 Å². The standard InChI is InChI=1S/C14H7Br3/c15-10-3-4-12-9(6-10)5-8-1-2-11(16)7-13(8)14(12)17/h1-7H. The number of rotatable bonds is 0. The van der Waals surface area contributed by atoms with Gasteiger partial charge in [0.2, 0.25) is 0 Å². The molecule has 3 aromatic rings. The van der Waals surface area contributed by atoms with Crippen molar-refractivity contribution in [3.05, 3.63) is 55.9 Å². The summed E-state index contributed by atoms with van der Waals surface area (Å²) in [6.07, 6.45) is 0. The van der Waals surface area contributed by atoms with Crippen molar-refractivity contribution in [3.8, 4) is 0 Å². The SMILES string of the molecule is Brc1ccc2c(Br)c3cc(Br)ccc3cc2c1. The van der Waals surface area contributed by atoms with Crippen LogP contribution in [0.4, 0.5) is 0 Å². The summed E-state index contributed by atoms with van der Waals surface area (Å²) in [4.78, 5) is 0. The van der Waals surface area contributed by atoms with Crippen LogP contribution in [0.5, 0.6) is 0 Å². The molecule has 0 fully saturated rings. The van der Waals surface area contributed by atoms with E-state index >= 15 is 0 Å². The number of benzene rings is 3. The largest absolute Gasteiger partial charge is 0.0532 e. The Bertz CT molecular complexity index is 732. The monoisotopic (exact) mass is 412 g/mol. The highest BCUT2D eigenvalue weighted by Gasteiger charge is 2.06. The van der Waals surface area contributed by atoms with Crippen LogP contribution in [-0.4, -0.2) is 0 Å². The molecule has 0 heterocycles. The average Bonchev–Trinajstić information content (AvgIpc) is 2.30. The molecule has 0 N–H and O–H groups in total. The Hall–Kier alpha value is -0.380. The molecular weight excluding hydrogens is 408 g/mol. The van der Waals surface area contributed by atoms with Crippen molar-refractivity contribution < 1.29 is 0 Å². The van der Waals surface area contributed by atoms with Gasteiger partial charge in [0.15, 0.2) is 0 Å². The van der Waals surface area contributed by atoms with Gasteiger partial charge < -0.3 is 0 Å². The van der Waals surface area contributed by atoms with E-state index in [-0.39, 0.29) is 0 Å². The molecule has 84 valence electrons. The lowest BCUT2D eigenvalue weighted by Crippen LogP contribution is -1.80. The summed E-state index contributed by atoms with van der Waals surface area (Å²) in [5.74, 6) is 0. The van der Waals surface area contributed by atoms with Crippen molar-refractivity contribution in [2.75, 3.05) is 0 Å². The third-order valence-electron chi connectivity index (χ3n) is 2.81. The van der Waals surface area contributed by atoms with Gasteiger partial charge in [-0.1, -0.05) is 44.0 Å². The van der Waals surface area contributed by atoms with Gasteiger partial charge in [-0.25, -0.2) is 0 Å². The fourth-order valence-electron chi connectivity index (χ4n) is 2.01. The molecule has 17 heavy (non-hydrogen) atoms. The molecule has 0 nitrogen and oxygen atoms in total. The summed E-state index contributed by atoms with van der Waals surface area (Å²) < 4.78 is 3.36. The highest BCUT2D eigenvalue weighted by Crippen LogP contribution is 2.35. The minimum atomic E-state index is 1.10. The minimum absolute atomic E-state index is 1.10. The van der Waals surface area contributed by atoms with Gasteiger partial charge in [0.25, 0.3) is 0 Å². The zero-order chi connectivity index (χ0) is 12.0. The van der Waals surface area contributed by atoms with Gasteiger partial charge in [0, 0.05) is 13.4 Å². The van der Waals surface area contributed by atoms with Crippen LogP contribution in [0.3, 0.4) is 0 Å². The van der Waals surface area contributed by atoms with E-state index in [1.165, 1.54) is 21.5 Å². The summed E-state index contributed by atoms with van der Waals surface area (Å²) >= 11 is 10.7.